The van der Waals surface area contributed by atoms with E-state index in [2.05, 4.69) is 48.6 Å². The average Bonchev–Trinajstić information content (AvgIpc) is 3.16. The highest BCUT2D eigenvalue weighted by Crippen LogP contribution is 2.23. The molecule has 1 heterocycles. The molecule has 0 saturated carbocycles. The molecule has 0 bridgehead atoms. The second kappa shape index (κ2) is 8.24. The van der Waals surface area contributed by atoms with Crippen molar-refractivity contribution in [3.05, 3.63) is 70.3 Å². The number of hydrogen-bond donors (Lipinski definition) is 2. The van der Waals surface area contributed by atoms with Crippen molar-refractivity contribution in [1.29, 1.82) is 0 Å². The molecule has 1 aliphatic heterocycles. The van der Waals surface area contributed by atoms with Crippen molar-refractivity contribution in [3.8, 4) is 0 Å². The van der Waals surface area contributed by atoms with Gasteiger partial charge in [-0.2, -0.15) is 0 Å². The molecule has 0 unspecified atom stereocenters. The second-order valence-electron chi connectivity index (χ2n) is 7.84. The fourth-order valence-corrected chi connectivity index (χ4v) is 4.16. The van der Waals surface area contributed by atoms with Gasteiger partial charge in [0.25, 0.3) is 5.91 Å². The molecule has 2 aromatic carbocycles. The van der Waals surface area contributed by atoms with E-state index in [0.717, 1.165) is 51.3 Å². The quantitative estimate of drug-likeness (QED) is 0.850. The summed E-state index contributed by atoms with van der Waals surface area (Å²) in [5.41, 5.74) is 5.94. The first-order chi connectivity index (χ1) is 13.2. The Labute approximate surface area is 161 Å². The molecular weight excluding hydrogens is 336 g/mol. The molecule has 1 saturated heterocycles. The van der Waals surface area contributed by atoms with Crippen LogP contribution in [0, 0.1) is 6.92 Å². The summed E-state index contributed by atoms with van der Waals surface area (Å²) < 4.78 is 5.49. The lowest BCUT2D eigenvalue weighted by Gasteiger charge is -2.28. The first kappa shape index (κ1) is 18.2. The van der Waals surface area contributed by atoms with Gasteiger partial charge in [-0.3, -0.25) is 4.79 Å². The monoisotopic (exact) mass is 365 g/mol. The smallest absolute Gasteiger partial charge is 0.251 e. The fourth-order valence-electron chi connectivity index (χ4n) is 4.16. The van der Waals surface area contributed by atoms with Crippen LogP contribution in [0.15, 0.2) is 42.5 Å². The van der Waals surface area contributed by atoms with Crippen LogP contribution in [0.4, 0.5) is 0 Å². The van der Waals surface area contributed by atoms with Crippen LogP contribution in [0.1, 0.15) is 45.1 Å². The molecule has 0 spiro atoms. The van der Waals surface area contributed by atoms with Crippen molar-refractivity contribution in [2.45, 2.75) is 32.2 Å². The molecule has 0 aromatic heterocycles. The van der Waals surface area contributed by atoms with Crippen LogP contribution < -0.4 is 10.2 Å². The van der Waals surface area contributed by atoms with Crippen molar-refractivity contribution in [2.24, 2.45) is 0 Å². The summed E-state index contributed by atoms with van der Waals surface area (Å²) in [6.07, 6.45) is 3.44. The van der Waals surface area contributed by atoms with Gasteiger partial charge < -0.3 is 15.0 Å². The highest BCUT2D eigenvalue weighted by molar-refractivity contribution is 5.94. The number of quaternary nitrogens is 1. The Kier molecular flexibility index (Phi) is 5.55. The zero-order valence-corrected chi connectivity index (χ0v) is 16.1. The first-order valence-electron chi connectivity index (χ1n) is 10.1. The second-order valence-corrected chi connectivity index (χ2v) is 7.84. The molecule has 4 nitrogen and oxygen atoms in total. The summed E-state index contributed by atoms with van der Waals surface area (Å²) in [7, 11) is 0. The van der Waals surface area contributed by atoms with E-state index in [1.54, 1.807) is 0 Å². The standard InChI is InChI=1S/C23H28N2O2/c1-17-5-7-19(8-6-17)22(16-25-11-13-27-14-12-25)24-23(26)21-10-9-18-3-2-4-20(18)15-21/h5-10,15,22H,2-4,11-14,16H2,1H3,(H,24,26)/p+1/t22-/m1/s1. The maximum atomic E-state index is 13.0. The number of benzene rings is 2. The lowest BCUT2D eigenvalue weighted by atomic mass is 10.0. The van der Waals surface area contributed by atoms with Gasteiger partial charge in [0.05, 0.1) is 13.2 Å². The van der Waals surface area contributed by atoms with Crippen molar-refractivity contribution in [3.63, 3.8) is 0 Å². The van der Waals surface area contributed by atoms with Crippen molar-refractivity contribution in [2.75, 3.05) is 32.8 Å². The Morgan fingerprint density at radius 3 is 2.59 bits per heavy atom. The molecule has 1 amide bonds. The van der Waals surface area contributed by atoms with Crippen LogP contribution in [0.3, 0.4) is 0 Å². The van der Waals surface area contributed by atoms with Crippen molar-refractivity contribution in [1.82, 2.24) is 5.32 Å². The number of fused-ring (bicyclic) bond motifs is 1. The van der Waals surface area contributed by atoms with Gasteiger partial charge in [-0.1, -0.05) is 35.9 Å². The molecular formula is C23H29N2O2+. The van der Waals surface area contributed by atoms with Gasteiger partial charge in [0.2, 0.25) is 0 Å². The largest absolute Gasteiger partial charge is 0.370 e. The van der Waals surface area contributed by atoms with E-state index < -0.39 is 0 Å². The lowest BCUT2D eigenvalue weighted by molar-refractivity contribution is -0.909. The number of nitrogens with one attached hydrogen (secondary N) is 2. The van der Waals surface area contributed by atoms with Crippen molar-refractivity contribution >= 4 is 5.91 Å². The highest BCUT2D eigenvalue weighted by Gasteiger charge is 2.24. The van der Waals surface area contributed by atoms with E-state index >= 15 is 0 Å². The molecule has 1 fully saturated rings. The number of ether oxygens (including phenoxy) is 1. The number of aryl methyl sites for hydroxylation is 3. The normalized spacial score (nSPS) is 18.1. The van der Waals surface area contributed by atoms with Crippen LogP contribution >= 0.6 is 0 Å². The Balaban J connectivity index is 1.52. The van der Waals surface area contributed by atoms with Crippen LogP contribution in [0.2, 0.25) is 0 Å². The van der Waals surface area contributed by atoms with Crippen LogP contribution in [0.25, 0.3) is 0 Å². The van der Waals surface area contributed by atoms with Crippen LogP contribution in [-0.2, 0) is 17.6 Å². The molecule has 0 radical (unpaired) electrons. The van der Waals surface area contributed by atoms with E-state index in [1.165, 1.54) is 33.6 Å². The maximum absolute atomic E-state index is 13.0. The minimum absolute atomic E-state index is 0.0134. The molecule has 4 rings (SSSR count). The molecule has 2 N–H and O–H groups in total. The molecule has 1 aliphatic carbocycles. The van der Waals surface area contributed by atoms with E-state index in [9.17, 15) is 4.79 Å². The van der Waals surface area contributed by atoms with Crippen molar-refractivity contribution < 1.29 is 14.4 Å². The molecule has 142 valence electrons. The maximum Gasteiger partial charge on any atom is 0.251 e. The van der Waals surface area contributed by atoms with Gasteiger partial charge in [-0.15, -0.1) is 0 Å². The number of amides is 1. The minimum atomic E-state index is 0.0134. The van der Waals surface area contributed by atoms with Gasteiger partial charge >= 0.3 is 0 Å². The summed E-state index contributed by atoms with van der Waals surface area (Å²) >= 11 is 0. The number of carbonyl (C=O) groups excluding carboxylic acids is 1. The van der Waals surface area contributed by atoms with E-state index in [-0.39, 0.29) is 11.9 Å². The number of hydrogen-bond acceptors (Lipinski definition) is 2. The van der Waals surface area contributed by atoms with Gasteiger partial charge in [0.15, 0.2) is 0 Å². The third-order valence-corrected chi connectivity index (χ3v) is 5.84. The van der Waals surface area contributed by atoms with Crippen LogP contribution in [-0.4, -0.2) is 38.8 Å². The highest BCUT2D eigenvalue weighted by atomic mass is 16.5. The minimum Gasteiger partial charge on any atom is -0.370 e. The lowest BCUT2D eigenvalue weighted by Crippen LogP contribution is -3.14. The van der Waals surface area contributed by atoms with E-state index in [1.807, 2.05) is 6.07 Å². The Bertz CT molecular complexity index is 795. The van der Waals surface area contributed by atoms with Gasteiger partial charge in [0, 0.05) is 5.56 Å². The molecule has 27 heavy (non-hydrogen) atoms. The fraction of sp³-hybridized carbons (Fsp3) is 0.435. The topological polar surface area (TPSA) is 42.8 Å². The zero-order chi connectivity index (χ0) is 18.6. The third-order valence-electron chi connectivity index (χ3n) is 5.84. The number of carbonyl (C=O) groups is 1. The van der Waals surface area contributed by atoms with Gasteiger partial charge in [-0.25, -0.2) is 0 Å². The summed E-state index contributed by atoms with van der Waals surface area (Å²) in [5.74, 6) is 0.0305. The van der Waals surface area contributed by atoms with E-state index in [4.69, 9.17) is 4.74 Å². The molecule has 1 atom stereocenters. The first-order valence-corrected chi connectivity index (χ1v) is 10.1. The van der Waals surface area contributed by atoms with Gasteiger partial charge in [0.1, 0.15) is 25.7 Å². The summed E-state index contributed by atoms with van der Waals surface area (Å²) in [6, 6.07) is 14.7. The molecule has 2 aliphatic rings. The summed E-state index contributed by atoms with van der Waals surface area (Å²) in [6.45, 7) is 6.58. The zero-order valence-electron chi connectivity index (χ0n) is 16.1. The summed E-state index contributed by atoms with van der Waals surface area (Å²) in [5, 5.41) is 3.31. The predicted molar refractivity (Wildman–Crippen MR) is 106 cm³/mol. The van der Waals surface area contributed by atoms with E-state index in [0.29, 0.717) is 0 Å². The predicted octanol–water partition coefficient (Wildman–Crippen LogP) is 1.87. The summed E-state index contributed by atoms with van der Waals surface area (Å²) in [4.78, 5) is 14.5. The SMILES string of the molecule is Cc1ccc([C@@H](C[NH+]2CCOCC2)NC(=O)c2ccc3c(c2)CCC3)cc1. The number of morpholine rings is 1. The Morgan fingerprint density at radius 1 is 1.07 bits per heavy atom. The molecule has 4 heteroatoms. The average molecular weight is 365 g/mol. The number of rotatable bonds is 5. The third kappa shape index (κ3) is 4.40. The Morgan fingerprint density at radius 2 is 1.81 bits per heavy atom. The van der Waals surface area contributed by atoms with Crippen LogP contribution in [0.5, 0.6) is 0 Å². The Hall–Kier alpha value is -2.17. The van der Waals surface area contributed by atoms with Gasteiger partial charge in [-0.05, 0) is 55.0 Å². The molecule has 2 aromatic rings.